The first-order valence-electron chi connectivity index (χ1n) is 9.97. The number of hydrogen-bond acceptors (Lipinski definition) is 8. The molecule has 0 bridgehead atoms. The fourth-order valence-electron chi connectivity index (χ4n) is 3.62. The molecule has 1 aromatic heterocycles. The molecule has 0 radical (unpaired) electrons. The highest BCUT2D eigenvalue weighted by molar-refractivity contribution is 5.91. The summed E-state index contributed by atoms with van der Waals surface area (Å²) >= 11 is 0. The van der Waals surface area contributed by atoms with E-state index in [2.05, 4.69) is 17.2 Å². The molecule has 31 heavy (non-hydrogen) atoms. The molecule has 0 unspecified atom stereocenters. The van der Waals surface area contributed by atoms with Crippen molar-refractivity contribution in [3.8, 4) is 0 Å². The molecule has 2 heterocycles. The summed E-state index contributed by atoms with van der Waals surface area (Å²) in [6.07, 6.45) is 1.92. The number of nitro benzene ring substituents is 1. The van der Waals surface area contributed by atoms with Crippen LogP contribution in [0.25, 0.3) is 10.9 Å². The number of carbonyl (C=O) groups excluding carboxylic acids is 1. The fraction of sp³-hybridized carbons (Fsp3) is 0.333. The average molecular weight is 423 g/mol. The zero-order valence-corrected chi connectivity index (χ0v) is 16.9. The van der Waals surface area contributed by atoms with Crippen molar-refractivity contribution in [2.45, 2.75) is 26.5 Å². The summed E-state index contributed by atoms with van der Waals surface area (Å²) in [7, 11) is 0. The van der Waals surface area contributed by atoms with Crippen molar-refractivity contribution in [2.75, 3.05) is 18.0 Å². The van der Waals surface area contributed by atoms with Gasteiger partial charge in [-0.15, -0.1) is 5.10 Å². The molecule has 0 N–H and O–H groups in total. The number of rotatable bonds is 5. The van der Waals surface area contributed by atoms with E-state index in [0.29, 0.717) is 22.5 Å². The van der Waals surface area contributed by atoms with E-state index >= 15 is 0 Å². The van der Waals surface area contributed by atoms with Crippen molar-refractivity contribution in [3.63, 3.8) is 0 Å². The largest absolute Gasteiger partial charge is 0.439 e. The van der Waals surface area contributed by atoms with E-state index < -0.39 is 23.2 Å². The normalized spacial score (nSPS) is 14.5. The van der Waals surface area contributed by atoms with Crippen molar-refractivity contribution in [1.29, 1.82) is 0 Å². The van der Waals surface area contributed by atoms with E-state index in [0.717, 1.165) is 30.6 Å². The maximum absolute atomic E-state index is 12.5. The monoisotopic (exact) mass is 423 g/mol. The predicted octanol–water partition coefficient (Wildman–Crippen LogP) is 2.75. The zero-order valence-electron chi connectivity index (χ0n) is 16.9. The first kappa shape index (κ1) is 20.5. The number of aromatic nitrogens is 3. The van der Waals surface area contributed by atoms with Crippen molar-refractivity contribution < 1.29 is 14.5 Å². The van der Waals surface area contributed by atoms with Crippen LogP contribution in [0.1, 0.15) is 30.1 Å². The van der Waals surface area contributed by atoms with Crippen LogP contribution in [-0.2, 0) is 11.5 Å². The summed E-state index contributed by atoms with van der Waals surface area (Å²) in [4.78, 5) is 38.0. The van der Waals surface area contributed by atoms with Gasteiger partial charge in [-0.2, -0.15) is 4.68 Å². The number of piperidine rings is 1. The first-order valence-corrected chi connectivity index (χ1v) is 9.97. The number of esters is 1. The number of anilines is 1. The number of benzene rings is 2. The SMILES string of the molecule is CC1CCN(c2ccc(C(=O)OCn3nnc4ccccc4c3=O)cc2[N+](=O)[O-])CC1. The third-order valence-corrected chi connectivity index (χ3v) is 5.48. The van der Waals surface area contributed by atoms with E-state index in [1.807, 2.05) is 4.90 Å². The standard InChI is InChI=1S/C21H21N5O5/c1-14-8-10-24(11-9-14)18-7-6-15(12-19(18)26(29)30)21(28)31-13-25-20(27)16-4-2-3-5-17(16)22-23-25/h2-7,12,14H,8-11,13H2,1H3. The van der Waals surface area contributed by atoms with Gasteiger partial charge in [0.05, 0.1) is 15.9 Å². The van der Waals surface area contributed by atoms with Crippen LogP contribution in [0.4, 0.5) is 11.4 Å². The summed E-state index contributed by atoms with van der Waals surface area (Å²) in [6.45, 7) is 3.18. The molecule has 0 atom stereocenters. The Morgan fingerprint density at radius 2 is 1.97 bits per heavy atom. The number of nitrogens with zero attached hydrogens (tertiary/aromatic N) is 5. The molecular weight excluding hydrogens is 402 g/mol. The Morgan fingerprint density at radius 3 is 2.71 bits per heavy atom. The van der Waals surface area contributed by atoms with E-state index in [1.165, 1.54) is 12.1 Å². The molecule has 1 fully saturated rings. The Labute approximate surface area is 177 Å². The topological polar surface area (TPSA) is 120 Å². The van der Waals surface area contributed by atoms with Gasteiger partial charge in [-0.1, -0.05) is 24.3 Å². The van der Waals surface area contributed by atoms with Gasteiger partial charge in [-0.25, -0.2) is 4.79 Å². The van der Waals surface area contributed by atoms with Crippen LogP contribution in [0.5, 0.6) is 0 Å². The van der Waals surface area contributed by atoms with Crippen LogP contribution in [0.2, 0.25) is 0 Å². The summed E-state index contributed by atoms with van der Waals surface area (Å²) < 4.78 is 6.09. The van der Waals surface area contributed by atoms with Gasteiger partial charge in [-0.05, 0) is 43.0 Å². The molecule has 0 saturated carbocycles. The summed E-state index contributed by atoms with van der Waals surface area (Å²) in [5.74, 6) is -0.199. The molecule has 10 nitrogen and oxygen atoms in total. The van der Waals surface area contributed by atoms with E-state index in [9.17, 15) is 19.7 Å². The van der Waals surface area contributed by atoms with Gasteiger partial charge >= 0.3 is 5.97 Å². The van der Waals surface area contributed by atoms with Crippen molar-refractivity contribution in [1.82, 2.24) is 15.0 Å². The second kappa shape index (κ2) is 8.50. The molecule has 4 rings (SSSR count). The molecular formula is C21H21N5O5. The van der Waals surface area contributed by atoms with Crippen molar-refractivity contribution >= 4 is 28.2 Å². The second-order valence-corrected chi connectivity index (χ2v) is 7.60. The molecule has 1 aliphatic heterocycles. The van der Waals surface area contributed by atoms with Gasteiger partial charge in [0.15, 0.2) is 6.73 Å². The van der Waals surface area contributed by atoms with Gasteiger partial charge < -0.3 is 9.64 Å². The lowest BCUT2D eigenvalue weighted by atomic mass is 9.98. The van der Waals surface area contributed by atoms with Crippen LogP contribution < -0.4 is 10.5 Å². The van der Waals surface area contributed by atoms with E-state index in [4.69, 9.17) is 4.74 Å². The van der Waals surface area contributed by atoms with Gasteiger partial charge in [0, 0.05) is 19.2 Å². The van der Waals surface area contributed by atoms with Crippen LogP contribution >= 0.6 is 0 Å². The Morgan fingerprint density at radius 1 is 1.23 bits per heavy atom. The number of carbonyl (C=O) groups is 1. The van der Waals surface area contributed by atoms with Gasteiger partial charge in [0.1, 0.15) is 11.2 Å². The van der Waals surface area contributed by atoms with Crippen molar-refractivity contribution in [2.24, 2.45) is 5.92 Å². The molecule has 0 amide bonds. The van der Waals surface area contributed by atoms with Gasteiger partial charge in [-0.3, -0.25) is 14.9 Å². The quantitative estimate of drug-likeness (QED) is 0.349. The second-order valence-electron chi connectivity index (χ2n) is 7.60. The highest BCUT2D eigenvalue weighted by atomic mass is 16.6. The summed E-state index contributed by atoms with van der Waals surface area (Å²) in [5.41, 5.74) is 0.367. The van der Waals surface area contributed by atoms with Crippen LogP contribution in [0, 0.1) is 16.0 Å². The molecule has 1 aliphatic rings. The number of ether oxygens (including phenoxy) is 1. The van der Waals surface area contributed by atoms with Crippen LogP contribution in [-0.4, -0.2) is 39.0 Å². The zero-order chi connectivity index (χ0) is 22.0. The third-order valence-electron chi connectivity index (χ3n) is 5.48. The minimum absolute atomic E-state index is 0.0302. The number of hydrogen-bond donors (Lipinski definition) is 0. The molecule has 3 aromatic rings. The first-order chi connectivity index (χ1) is 14.9. The lowest BCUT2D eigenvalue weighted by molar-refractivity contribution is -0.384. The average Bonchev–Trinajstić information content (AvgIpc) is 2.79. The van der Waals surface area contributed by atoms with Crippen LogP contribution in [0.15, 0.2) is 47.3 Å². The maximum atomic E-state index is 12.5. The molecule has 160 valence electrons. The van der Waals surface area contributed by atoms with E-state index in [1.54, 1.807) is 30.3 Å². The van der Waals surface area contributed by atoms with Crippen LogP contribution in [0.3, 0.4) is 0 Å². The Balaban J connectivity index is 1.52. The van der Waals surface area contributed by atoms with E-state index in [-0.39, 0.29) is 11.3 Å². The summed E-state index contributed by atoms with van der Waals surface area (Å²) in [6, 6.07) is 11.0. The highest BCUT2D eigenvalue weighted by Crippen LogP contribution is 2.32. The van der Waals surface area contributed by atoms with Gasteiger partial charge in [0.25, 0.3) is 11.2 Å². The number of nitro groups is 1. The molecule has 0 spiro atoms. The van der Waals surface area contributed by atoms with Gasteiger partial charge in [0.2, 0.25) is 0 Å². The molecule has 0 aliphatic carbocycles. The fourth-order valence-corrected chi connectivity index (χ4v) is 3.62. The lowest BCUT2D eigenvalue weighted by Gasteiger charge is -2.31. The Kier molecular flexibility index (Phi) is 5.61. The summed E-state index contributed by atoms with van der Waals surface area (Å²) in [5, 5.41) is 19.7. The Bertz CT molecular complexity index is 1200. The lowest BCUT2D eigenvalue weighted by Crippen LogP contribution is -2.33. The molecule has 2 aromatic carbocycles. The molecule has 10 heteroatoms. The minimum atomic E-state index is -0.788. The minimum Gasteiger partial charge on any atom is -0.439 e. The predicted molar refractivity (Wildman–Crippen MR) is 113 cm³/mol. The number of fused-ring (bicyclic) bond motifs is 1. The smallest absolute Gasteiger partial charge is 0.340 e. The maximum Gasteiger partial charge on any atom is 0.340 e. The Hall–Kier alpha value is -3.82. The third kappa shape index (κ3) is 4.23. The highest BCUT2D eigenvalue weighted by Gasteiger charge is 2.25. The molecule has 1 saturated heterocycles. The van der Waals surface area contributed by atoms with Crippen molar-refractivity contribution in [3.05, 3.63) is 68.5 Å².